The van der Waals surface area contributed by atoms with Crippen LogP contribution in [0.25, 0.3) is 11.3 Å². The minimum Gasteiger partial charge on any atom is -0.494 e. The van der Waals surface area contributed by atoms with Crippen LogP contribution in [0, 0.1) is 17.6 Å². The Labute approximate surface area is 192 Å². The van der Waals surface area contributed by atoms with Crippen molar-refractivity contribution in [3.63, 3.8) is 0 Å². The molecule has 0 bridgehead atoms. The summed E-state index contributed by atoms with van der Waals surface area (Å²) in [6.07, 6.45) is 3.19. The van der Waals surface area contributed by atoms with Crippen LogP contribution in [-0.2, 0) is 17.6 Å². The van der Waals surface area contributed by atoms with Crippen molar-refractivity contribution in [2.75, 3.05) is 6.61 Å². The van der Waals surface area contributed by atoms with Gasteiger partial charge in [-0.15, -0.1) is 0 Å². The van der Waals surface area contributed by atoms with E-state index in [9.17, 15) is 13.6 Å². The number of hydrogen-bond donors (Lipinski definition) is 1. The Bertz CT molecular complexity index is 1070. The molecule has 8 heteroatoms. The summed E-state index contributed by atoms with van der Waals surface area (Å²) in [4.78, 5) is 14.0. The summed E-state index contributed by atoms with van der Waals surface area (Å²) in [6.45, 7) is 8.14. The van der Waals surface area contributed by atoms with Crippen molar-refractivity contribution >= 4 is 23.0 Å². The summed E-state index contributed by atoms with van der Waals surface area (Å²) in [5.74, 6) is -1.79. The molecule has 0 spiro atoms. The van der Waals surface area contributed by atoms with Crippen molar-refractivity contribution in [3.8, 4) is 17.0 Å². The van der Waals surface area contributed by atoms with Crippen molar-refractivity contribution < 1.29 is 18.3 Å². The molecule has 0 aliphatic heterocycles. The lowest BCUT2D eigenvalue weighted by Crippen LogP contribution is -2.56. The van der Waals surface area contributed by atoms with Crippen molar-refractivity contribution in [1.82, 2.24) is 15.1 Å². The van der Waals surface area contributed by atoms with E-state index in [1.807, 2.05) is 25.5 Å². The Kier molecular flexibility index (Phi) is 6.09. The zero-order valence-electron chi connectivity index (χ0n) is 18.9. The molecule has 1 aromatic carbocycles. The maximum atomic E-state index is 14.8. The molecule has 2 aliphatic carbocycles. The van der Waals surface area contributed by atoms with Gasteiger partial charge < -0.3 is 10.1 Å². The number of rotatable bonds is 6. The number of nitrogens with zero attached hydrogens (tertiary/aromatic N) is 2. The van der Waals surface area contributed by atoms with Gasteiger partial charge in [0.15, 0.2) is 11.6 Å². The van der Waals surface area contributed by atoms with Crippen LogP contribution in [0.1, 0.15) is 64.3 Å². The molecule has 2 aromatic rings. The number of carbonyl (C=O) groups excluding carboxylic acids is 1. The first-order valence-electron chi connectivity index (χ1n) is 11.2. The molecule has 1 saturated carbocycles. The van der Waals surface area contributed by atoms with E-state index in [0.717, 1.165) is 35.0 Å². The maximum absolute atomic E-state index is 14.8. The number of amides is 1. The molecule has 1 unspecified atom stereocenters. The van der Waals surface area contributed by atoms with Gasteiger partial charge in [0.05, 0.1) is 12.3 Å². The molecular weight excluding hydrogens is 432 g/mol. The fourth-order valence-corrected chi connectivity index (χ4v) is 5.43. The van der Waals surface area contributed by atoms with Crippen LogP contribution >= 0.6 is 12.2 Å². The molecule has 172 valence electrons. The minimum absolute atomic E-state index is 0.0174. The number of hydrogen-bond acceptors (Lipinski definition) is 4. The molecule has 0 saturated heterocycles. The molecule has 1 atom stereocenters. The summed E-state index contributed by atoms with van der Waals surface area (Å²) >= 11 is 5.20. The second-order valence-electron chi connectivity index (χ2n) is 9.39. The summed E-state index contributed by atoms with van der Waals surface area (Å²) in [6, 6.07) is 2.58. The van der Waals surface area contributed by atoms with Gasteiger partial charge in [-0.25, -0.2) is 8.78 Å². The van der Waals surface area contributed by atoms with Gasteiger partial charge in [-0.2, -0.15) is 5.10 Å². The Balaban J connectivity index is 1.67. The predicted octanol–water partition coefficient (Wildman–Crippen LogP) is 4.95. The van der Waals surface area contributed by atoms with Gasteiger partial charge in [0.2, 0.25) is 5.91 Å². The summed E-state index contributed by atoms with van der Waals surface area (Å²) in [5.41, 5.74) is 2.07. The molecule has 0 radical (unpaired) electrons. The van der Waals surface area contributed by atoms with Gasteiger partial charge >= 0.3 is 0 Å². The van der Waals surface area contributed by atoms with Crippen molar-refractivity contribution in [3.05, 3.63) is 35.0 Å². The lowest BCUT2D eigenvalue weighted by atomic mass is 9.77. The van der Waals surface area contributed by atoms with Crippen LogP contribution in [0.3, 0.4) is 0 Å². The third-order valence-corrected chi connectivity index (χ3v) is 6.62. The molecule has 4 rings (SSSR count). The van der Waals surface area contributed by atoms with E-state index >= 15 is 0 Å². The van der Waals surface area contributed by atoms with Crippen LogP contribution in [-0.4, -0.2) is 32.7 Å². The average Bonchev–Trinajstić information content (AvgIpc) is 3.08. The van der Waals surface area contributed by atoms with Crippen molar-refractivity contribution in [2.24, 2.45) is 5.92 Å². The number of benzene rings is 1. The highest BCUT2D eigenvalue weighted by atomic mass is 32.1. The first-order chi connectivity index (χ1) is 15.1. The smallest absolute Gasteiger partial charge is 0.223 e. The zero-order valence-corrected chi connectivity index (χ0v) is 19.7. The Morgan fingerprint density at radius 1 is 1.38 bits per heavy atom. The van der Waals surface area contributed by atoms with Gasteiger partial charge in [-0.3, -0.25) is 9.48 Å². The highest BCUT2D eigenvalue weighted by Gasteiger charge is 2.40. The number of fused-ring (bicyclic) bond motifs is 1. The van der Waals surface area contributed by atoms with Gasteiger partial charge in [0, 0.05) is 59.6 Å². The van der Waals surface area contributed by atoms with E-state index in [2.05, 4.69) is 10.4 Å². The topological polar surface area (TPSA) is 56.2 Å². The van der Waals surface area contributed by atoms with Gasteiger partial charge in [0.1, 0.15) is 5.75 Å². The number of ether oxygens (including phenoxy) is 1. The van der Waals surface area contributed by atoms with E-state index in [4.69, 9.17) is 17.0 Å². The fraction of sp³-hybridized carbons (Fsp3) is 0.542. The van der Waals surface area contributed by atoms with Crippen molar-refractivity contribution in [2.45, 2.75) is 71.4 Å². The number of thiocarbonyl (C=S) groups is 1. The van der Waals surface area contributed by atoms with Gasteiger partial charge in [-0.05, 0) is 51.5 Å². The van der Waals surface area contributed by atoms with E-state index in [1.54, 1.807) is 6.92 Å². The first kappa shape index (κ1) is 22.8. The van der Waals surface area contributed by atoms with Crippen LogP contribution in [0.2, 0.25) is 0 Å². The van der Waals surface area contributed by atoms with E-state index < -0.39 is 11.6 Å². The average molecular weight is 462 g/mol. The highest BCUT2D eigenvalue weighted by molar-refractivity contribution is 7.80. The van der Waals surface area contributed by atoms with Gasteiger partial charge in [-0.1, -0.05) is 12.2 Å². The normalized spacial score (nSPS) is 19.5. The second-order valence-corrected chi connectivity index (χ2v) is 9.97. The molecular formula is C24H29F2N3O2S. The van der Waals surface area contributed by atoms with Crippen LogP contribution < -0.4 is 10.1 Å². The largest absolute Gasteiger partial charge is 0.494 e. The van der Waals surface area contributed by atoms with Crippen LogP contribution in [0.15, 0.2) is 12.1 Å². The van der Waals surface area contributed by atoms with Gasteiger partial charge in [0.25, 0.3) is 0 Å². The monoisotopic (exact) mass is 461 g/mol. The van der Waals surface area contributed by atoms with Crippen LogP contribution in [0.4, 0.5) is 8.78 Å². The summed E-state index contributed by atoms with van der Waals surface area (Å²) in [7, 11) is 0. The number of aromatic nitrogens is 2. The Hall–Kier alpha value is -2.35. The molecule has 2 aliphatic rings. The van der Waals surface area contributed by atoms with E-state index in [-0.39, 0.29) is 34.7 Å². The minimum atomic E-state index is -0.960. The molecule has 1 fully saturated rings. The molecule has 5 nitrogen and oxygen atoms in total. The molecule has 1 N–H and O–H groups in total. The summed E-state index contributed by atoms with van der Waals surface area (Å²) < 4.78 is 36.3. The zero-order chi connectivity index (χ0) is 23.2. The number of carbonyl (C=O) groups is 1. The predicted molar refractivity (Wildman–Crippen MR) is 123 cm³/mol. The van der Waals surface area contributed by atoms with Crippen LogP contribution in [0.5, 0.6) is 5.75 Å². The fourth-order valence-electron chi connectivity index (χ4n) is 4.80. The standard InChI is InChI=1S/C24H29F2N3O2S/c1-5-31-15-9-18(21(26)19(25)10-15)22-17-7-6-14(8-20(17)29(28-22)13(2)3)23(30)27-24(4)11-16(32)12-24/h9-10,13-14H,5-8,11-12H2,1-4H3,(H,27,30). The molecule has 1 aromatic heterocycles. The number of nitrogens with one attached hydrogen (secondary N) is 1. The lowest BCUT2D eigenvalue weighted by Gasteiger charge is -2.41. The molecule has 1 amide bonds. The SMILES string of the molecule is CCOc1cc(F)c(F)c(-c2nn(C(C)C)c3c2CCC(C(=O)NC2(C)CC(=S)C2)C3)c1. The van der Waals surface area contributed by atoms with E-state index in [0.29, 0.717) is 31.6 Å². The maximum Gasteiger partial charge on any atom is 0.223 e. The first-order valence-corrected chi connectivity index (χ1v) is 11.6. The lowest BCUT2D eigenvalue weighted by molar-refractivity contribution is -0.127. The molecule has 1 heterocycles. The third-order valence-electron chi connectivity index (χ3n) is 6.33. The number of halogens is 2. The summed E-state index contributed by atoms with van der Waals surface area (Å²) in [5, 5.41) is 7.84. The quantitative estimate of drug-likeness (QED) is 0.619. The Morgan fingerprint density at radius 2 is 2.09 bits per heavy atom. The van der Waals surface area contributed by atoms with E-state index in [1.165, 1.54) is 6.07 Å². The van der Waals surface area contributed by atoms with Crippen molar-refractivity contribution in [1.29, 1.82) is 0 Å². The second kappa shape index (κ2) is 8.54. The highest BCUT2D eigenvalue weighted by Crippen LogP contribution is 2.38. The molecule has 32 heavy (non-hydrogen) atoms. The Morgan fingerprint density at radius 3 is 2.72 bits per heavy atom. The third kappa shape index (κ3) is 4.17.